The molecule has 0 aromatic rings. The smallest absolute Gasteiger partial charge is 0.331 e. The minimum atomic E-state index is -0.927. The molecule has 10 heavy (non-hydrogen) atoms. The van der Waals surface area contributed by atoms with E-state index in [2.05, 4.69) is 0 Å². The summed E-state index contributed by atoms with van der Waals surface area (Å²) in [7, 11) is 0. The van der Waals surface area contributed by atoms with Crippen LogP contribution in [0.2, 0.25) is 0 Å². The van der Waals surface area contributed by atoms with E-state index in [1.807, 2.05) is 0 Å². The molecule has 0 aliphatic carbocycles. The predicted molar refractivity (Wildman–Crippen MR) is 43.1 cm³/mol. The number of carbonyl (C=O) groups is 2. The maximum atomic E-state index is 10.7. The zero-order chi connectivity index (χ0) is 8.15. The molecule has 0 aromatic carbocycles. The highest BCUT2D eigenvalue weighted by molar-refractivity contribution is 8.12. The first-order chi connectivity index (χ1) is 4.63. The lowest BCUT2D eigenvalue weighted by Crippen LogP contribution is -2.31. The van der Waals surface area contributed by atoms with Crippen LogP contribution >= 0.6 is 23.9 Å². The molecule has 0 unspecified atom stereocenters. The van der Waals surface area contributed by atoms with E-state index in [4.69, 9.17) is 5.73 Å². The number of hydrogen-bond acceptors (Lipinski definition) is 4. The topological polar surface area (TPSA) is 63.4 Å². The van der Waals surface area contributed by atoms with Gasteiger partial charge in [0.2, 0.25) is 0 Å². The fourth-order valence-electron chi connectivity index (χ4n) is 0.330. The summed E-state index contributed by atoms with van der Waals surface area (Å²) in [5.41, 5.74) is 4.73. The maximum Gasteiger partial charge on any atom is 0.331 e. The third-order valence-corrected chi connectivity index (χ3v) is 2.60. The Morgan fingerprint density at radius 3 is 1.80 bits per heavy atom. The van der Waals surface area contributed by atoms with Crippen LogP contribution in [0.25, 0.3) is 0 Å². The van der Waals surface area contributed by atoms with Crippen molar-refractivity contribution in [3.63, 3.8) is 0 Å². The predicted octanol–water partition coefficient (Wildman–Crippen LogP) is -0.144. The summed E-state index contributed by atoms with van der Waals surface area (Å²) in [6.45, 7) is 0. The van der Waals surface area contributed by atoms with Gasteiger partial charge in [0.15, 0.2) is 0 Å². The second-order valence-corrected chi connectivity index (χ2v) is 2.98. The third-order valence-electron chi connectivity index (χ3n) is 0.708. The van der Waals surface area contributed by atoms with Crippen molar-refractivity contribution in [3.05, 3.63) is 0 Å². The van der Waals surface area contributed by atoms with E-state index in [0.717, 1.165) is 23.9 Å². The van der Waals surface area contributed by atoms with Crippen LogP contribution < -0.4 is 5.73 Å². The molecule has 58 valence electrons. The molecule has 0 saturated heterocycles. The van der Waals surface area contributed by atoms with E-state index in [0.29, 0.717) is 0 Å². The van der Waals surface area contributed by atoms with E-state index in [1.54, 1.807) is 12.5 Å². The lowest BCUT2D eigenvalue weighted by atomic mass is 10.6. The highest BCUT2D eigenvalue weighted by atomic mass is 32.2. The first kappa shape index (κ1) is 9.64. The maximum absolute atomic E-state index is 10.7. The monoisotopic (exact) mass is 180 g/mol. The van der Waals surface area contributed by atoms with Crippen LogP contribution in [0.5, 0.6) is 0 Å². The summed E-state index contributed by atoms with van der Waals surface area (Å²) in [6.07, 6.45) is 3.38. The molecule has 0 heterocycles. The normalized spacial score (nSPS) is 9.00. The molecule has 0 atom stereocenters. The number of rotatable bonds is 2. The molecule has 0 radical (unpaired) electrons. The molecule has 6 heteroatoms. The van der Waals surface area contributed by atoms with Gasteiger partial charge < -0.3 is 5.73 Å². The van der Waals surface area contributed by atoms with Crippen molar-refractivity contribution < 1.29 is 9.59 Å². The van der Waals surface area contributed by atoms with Crippen LogP contribution in [0.4, 0.5) is 0 Å². The summed E-state index contributed by atoms with van der Waals surface area (Å²) in [5.74, 6) is -1.61. The standard InChI is InChI=1S/C4H8N2O2S2/c1-9-6(10-2)4(8)3(5)7/h1-2H3,(H2,5,7). The van der Waals surface area contributed by atoms with Gasteiger partial charge in [-0.25, -0.2) is 3.71 Å². The van der Waals surface area contributed by atoms with Gasteiger partial charge in [0.25, 0.3) is 0 Å². The highest BCUT2D eigenvalue weighted by Crippen LogP contribution is 2.15. The first-order valence-electron chi connectivity index (χ1n) is 2.35. The molecule has 0 aliphatic heterocycles. The van der Waals surface area contributed by atoms with E-state index < -0.39 is 11.8 Å². The second-order valence-electron chi connectivity index (χ2n) is 1.29. The van der Waals surface area contributed by atoms with E-state index in [1.165, 1.54) is 3.71 Å². The van der Waals surface area contributed by atoms with Crippen LogP contribution in [0.1, 0.15) is 0 Å². The lowest BCUT2D eigenvalue weighted by Gasteiger charge is -2.11. The molecule has 2 amide bonds. The summed E-state index contributed by atoms with van der Waals surface area (Å²) < 4.78 is 1.21. The van der Waals surface area contributed by atoms with Crippen molar-refractivity contribution >= 4 is 35.7 Å². The number of nitrogens with two attached hydrogens (primary N) is 1. The lowest BCUT2D eigenvalue weighted by molar-refractivity contribution is -0.138. The molecule has 0 bridgehead atoms. The molecule has 0 rings (SSSR count). The molecule has 2 N–H and O–H groups in total. The van der Waals surface area contributed by atoms with E-state index in [9.17, 15) is 9.59 Å². The highest BCUT2D eigenvalue weighted by Gasteiger charge is 2.16. The van der Waals surface area contributed by atoms with Crippen molar-refractivity contribution in [2.75, 3.05) is 12.5 Å². The van der Waals surface area contributed by atoms with Gasteiger partial charge >= 0.3 is 11.8 Å². The third kappa shape index (κ3) is 2.49. The Balaban J connectivity index is 4.02. The summed E-state index contributed by atoms with van der Waals surface area (Å²) in [6, 6.07) is 0. The average Bonchev–Trinajstić information content (AvgIpc) is 1.90. The molecule has 0 spiro atoms. The van der Waals surface area contributed by atoms with Crippen molar-refractivity contribution in [1.82, 2.24) is 3.71 Å². The van der Waals surface area contributed by atoms with Crippen molar-refractivity contribution in [1.29, 1.82) is 0 Å². The zero-order valence-electron chi connectivity index (χ0n) is 5.66. The Bertz CT molecular complexity index is 146. The number of hydrogen-bond donors (Lipinski definition) is 1. The minimum absolute atomic E-state index is 0.681. The Kier molecular flexibility index (Phi) is 4.29. The van der Waals surface area contributed by atoms with Crippen molar-refractivity contribution in [2.45, 2.75) is 0 Å². The quantitative estimate of drug-likeness (QED) is 0.474. The van der Waals surface area contributed by atoms with E-state index >= 15 is 0 Å². The average molecular weight is 180 g/mol. The van der Waals surface area contributed by atoms with Gasteiger partial charge in [-0.2, -0.15) is 0 Å². The molecule has 0 saturated carbocycles. The number of amides is 2. The summed E-state index contributed by atoms with van der Waals surface area (Å²) in [5, 5.41) is 0. The summed E-state index contributed by atoms with van der Waals surface area (Å²) in [4.78, 5) is 21.0. The number of nitrogens with zero attached hydrogens (tertiary/aromatic N) is 1. The van der Waals surface area contributed by atoms with Crippen molar-refractivity contribution in [3.8, 4) is 0 Å². The molecule has 0 fully saturated rings. The van der Waals surface area contributed by atoms with Gasteiger partial charge in [-0.3, -0.25) is 9.59 Å². The molecule has 0 aliphatic rings. The molecule has 0 aromatic heterocycles. The Morgan fingerprint density at radius 1 is 1.30 bits per heavy atom. The van der Waals surface area contributed by atoms with Gasteiger partial charge in [0, 0.05) is 12.5 Å². The van der Waals surface area contributed by atoms with Crippen molar-refractivity contribution in [2.24, 2.45) is 5.73 Å². The van der Waals surface area contributed by atoms with E-state index in [-0.39, 0.29) is 0 Å². The minimum Gasteiger partial charge on any atom is -0.361 e. The Labute approximate surface area is 67.8 Å². The first-order valence-corrected chi connectivity index (χ1v) is 4.72. The van der Waals surface area contributed by atoms with Gasteiger partial charge in [0.1, 0.15) is 0 Å². The fourth-order valence-corrected chi connectivity index (χ4v) is 1.44. The zero-order valence-corrected chi connectivity index (χ0v) is 7.29. The van der Waals surface area contributed by atoms with Gasteiger partial charge in [-0.1, -0.05) is 0 Å². The van der Waals surface area contributed by atoms with Crippen LogP contribution in [-0.2, 0) is 9.59 Å². The SMILES string of the molecule is CSN(SC)C(=O)C(N)=O. The number of primary amides is 1. The molecular formula is C4H8N2O2S2. The second kappa shape index (κ2) is 4.45. The van der Waals surface area contributed by atoms with Crippen LogP contribution in [0.3, 0.4) is 0 Å². The van der Waals surface area contributed by atoms with Crippen LogP contribution in [-0.4, -0.2) is 28.0 Å². The molecule has 4 nitrogen and oxygen atoms in total. The van der Waals surface area contributed by atoms with Gasteiger partial charge in [-0.15, -0.1) is 0 Å². The van der Waals surface area contributed by atoms with Crippen LogP contribution in [0.15, 0.2) is 0 Å². The Morgan fingerprint density at radius 2 is 1.70 bits per heavy atom. The van der Waals surface area contributed by atoms with Gasteiger partial charge in [-0.05, 0) is 23.9 Å². The number of carbonyl (C=O) groups excluding carboxylic acids is 2. The Hall–Kier alpha value is -0.360. The summed E-state index contributed by atoms with van der Waals surface area (Å²) >= 11 is 2.30. The largest absolute Gasteiger partial charge is 0.361 e. The van der Waals surface area contributed by atoms with Gasteiger partial charge in [0.05, 0.1) is 0 Å². The fraction of sp³-hybridized carbons (Fsp3) is 0.500. The molecular weight excluding hydrogens is 172 g/mol. The van der Waals surface area contributed by atoms with Crippen LogP contribution in [0, 0.1) is 0 Å².